The molecule has 0 aliphatic carbocycles. The predicted octanol–water partition coefficient (Wildman–Crippen LogP) is 2.70. The molecule has 0 saturated heterocycles. The number of nitrogens with zero attached hydrogens (tertiary/aromatic N) is 3. The molecule has 0 aliphatic heterocycles. The SMILES string of the molecule is Cc1csc(NC(=O)c2cc(-c3ccco3)n(C)n2)n1. The summed E-state index contributed by atoms with van der Waals surface area (Å²) in [5.41, 5.74) is 1.95. The van der Waals surface area contributed by atoms with Crippen molar-refractivity contribution in [3.05, 3.63) is 41.2 Å². The van der Waals surface area contributed by atoms with Crippen LogP contribution in [0.2, 0.25) is 0 Å². The predicted molar refractivity (Wildman–Crippen MR) is 75.7 cm³/mol. The average molecular weight is 288 g/mol. The fourth-order valence-electron chi connectivity index (χ4n) is 1.81. The van der Waals surface area contributed by atoms with Crippen molar-refractivity contribution >= 4 is 22.4 Å². The third-order valence-corrected chi connectivity index (χ3v) is 3.60. The number of amides is 1. The fourth-order valence-corrected chi connectivity index (χ4v) is 2.49. The Morgan fingerprint density at radius 2 is 2.35 bits per heavy atom. The maximum absolute atomic E-state index is 12.1. The van der Waals surface area contributed by atoms with Crippen molar-refractivity contribution in [3.8, 4) is 11.5 Å². The molecule has 3 rings (SSSR count). The van der Waals surface area contributed by atoms with Crippen LogP contribution in [-0.2, 0) is 7.05 Å². The van der Waals surface area contributed by atoms with Crippen molar-refractivity contribution in [2.24, 2.45) is 7.05 Å². The number of hydrogen-bond donors (Lipinski definition) is 1. The van der Waals surface area contributed by atoms with E-state index < -0.39 is 0 Å². The summed E-state index contributed by atoms with van der Waals surface area (Å²) < 4.78 is 6.92. The molecule has 6 nitrogen and oxygen atoms in total. The number of carbonyl (C=O) groups excluding carboxylic acids is 1. The van der Waals surface area contributed by atoms with Crippen molar-refractivity contribution < 1.29 is 9.21 Å². The van der Waals surface area contributed by atoms with Crippen LogP contribution in [0.15, 0.2) is 34.3 Å². The molecule has 1 N–H and O–H groups in total. The number of rotatable bonds is 3. The molecule has 7 heteroatoms. The summed E-state index contributed by atoms with van der Waals surface area (Å²) in [5, 5.41) is 9.36. The molecule has 1 amide bonds. The van der Waals surface area contributed by atoms with Gasteiger partial charge in [0.25, 0.3) is 5.91 Å². The second kappa shape index (κ2) is 4.93. The van der Waals surface area contributed by atoms with E-state index in [9.17, 15) is 4.79 Å². The highest BCUT2D eigenvalue weighted by atomic mass is 32.1. The Morgan fingerprint density at radius 1 is 1.50 bits per heavy atom. The van der Waals surface area contributed by atoms with Gasteiger partial charge in [-0.3, -0.25) is 14.8 Å². The second-order valence-corrected chi connectivity index (χ2v) is 5.12. The van der Waals surface area contributed by atoms with Gasteiger partial charge in [0.05, 0.1) is 12.0 Å². The topological polar surface area (TPSA) is 73.0 Å². The molecule has 0 aromatic carbocycles. The molecule has 0 radical (unpaired) electrons. The number of aromatic nitrogens is 3. The van der Waals surface area contributed by atoms with Gasteiger partial charge in [0.2, 0.25) is 0 Å². The van der Waals surface area contributed by atoms with E-state index >= 15 is 0 Å². The van der Waals surface area contributed by atoms with E-state index in [-0.39, 0.29) is 5.91 Å². The first-order chi connectivity index (χ1) is 9.63. The molecule has 3 heterocycles. The van der Waals surface area contributed by atoms with Gasteiger partial charge < -0.3 is 4.42 Å². The zero-order valence-electron chi connectivity index (χ0n) is 11.0. The van der Waals surface area contributed by atoms with Crippen LogP contribution in [-0.4, -0.2) is 20.7 Å². The van der Waals surface area contributed by atoms with Crippen LogP contribution in [0.3, 0.4) is 0 Å². The molecule has 0 saturated carbocycles. The lowest BCUT2D eigenvalue weighted by Gasteiger charge is -1.96. The van der Waals surface area contributed by atoms with E-state index in [1.54, 1.807) is 30.1 Å². The van der Waals surface area contributed by atoms with Gasteiger partial charge in [-0.1, -0.05) is 0 Å². The monoisotopic (exact) mass is 288 g/mol. The molecule has 0 fully saturated rings. The first-order valence-electron chi connectivity index (χ1n) is 5.95. The van der Waals surface area contributed by atoms with E-state index in [2.05, 4.69) is 15.4 Å². The Hall–Kier alpha value is -2.41. The zero-order chi connectivity index (χ0) is 14.1. The highest BCUT2D eigenvalue weighted by Gasteiger charge is 2.16. The maximum Gasteiger partial charge on any atom is 0.277 e. The minimum atomic E-state index is -0.284. The van der Waals surface area contributed by atoms with Gasteiger partial charge in [-0.15, -0.1) is 11.3 Å². The van der Waals surface area contributed by atoms with E-state index in [0.29, 0.717) is 16.6 Å². The van der Waals surface area contributed by atoms with Crippen molar-refractivity contribution in [2.75, 3.05) is 5.32 Å². The lowest BCUT2D eigenvalue weighted by molar-refractivity contribution is 0.102. The lowest BCUT2D eigenvalue weighted by Crippen LogP contribution is -2.12. The van der Waals surface area contributed by atoms with Gasteiger partial charge in [-0.25, -0.2) is 4.98 Å². The van der Waals surface area contributed by atoms with Gasteiger partial charge >= 0.3 is 0 Å². The smallest absolute Gasteiger partial charge is 0.277 e. The molecule has 0 spiro atoms. The third kappa shape index (κ3) is 2.35. The van der Waals surface area contributed by atoms with E-state index in [1.165, 1.54) is 11.3 Å². The van der Waals surface area contributed by atoms with Gasteiger partial charge in [-0.05, 0) is 19.1 Å². The van der Waals surface area contributed by atoms with E-state index in [4.69, 9.17) is 4.42 Å². The van der Waals surface area contributed by atoms with Crippen molar-refractivity contribution in [2.45, 2.75) is 6.92 Å². The Kier molecular flexibility index (Phi) is 3.11. The fraction of sp³-hybridized carbons (Fsp3) is 0.154. The molecule has 0 bridgehead atoms. The molecule has 3 aromatic rings. The quantitative estimate of drug-likeness (QED) is 0.804. The van der Waals surface area contributed by atoms with Crippen LogP contribution in [0.25, 0.3) is 11.5 Å². The van der Waals surface area contributed by atoms with Crippen LogP contribution in [0, 0.1) is 6.92 Å². The molecule has 0 atom stereocenters. The van der Waals surface area contributed by atoms with Gasteiger partial charge in [0.1, 0.15) is 5.69 Å². The number of thiazole rings is 1. The average Bonchev–Trinajstić information content (AvgIpc) is 3.10. The summed E-state index contributed by atoms with van der Waals surface area (Å²) in [4.78, 5) is 16.3. The highest BCUT2D eigenvalue weighted by molar-refractivity contribution is 7.13. The Morgan fingerprint density at radius 3 is 3.00 bits per heavy atom. The van der Waals surface area contributed by atoms with Crippen molar-refractivity contribution in [1.29, 1.82) is 0 Å². The van der Waals surface area contributed by atoms with Crippen LogP contribution >= 0.6 is 11.3 Å². The first kappa shape index (κ1) is 12.6. The standard InChI is InChI=1S/C13H12N4O2S/c1-8-7-20-13(14-8)15-12(18)9-6-10(17(2)16-9)11-4-3-5-19-11/h3-7H,1-2H3,(H,14,15,18). The summed E-state index contributed by atoms with van der Waals surface area (Å²) in [6.45, 7) is 1.88. The lowest BCUT2D eigenvalue weighted by atomic mass is 10.3. The van der Waals surface area contributed by atoms with E-state index in [1.807, 2.05) is 18.4 Å². The number of nitrogens with one attached hydrogen (secondary N) is 1. The summed E-state index contributed by atoms with van der Waals surface area (Å²) in [5.74, 6) is 0.386. The van der Waals surface area contributed by atoms with Crippen LogP contribution in [0.5, 0.6) is 0 Å². The largest absolute Gasteiger partial charge is 0.463 e. The molecule has 3 aromatic heterocycles. The normalized spacial score (nSPS) is 10.7. The Labute approximate surface area is 119 Å². The van der Waals surface area contributed by atoms with Crippen LogP contribution in [0.4, 0.5) is 5.13 Å². The Bertz CT molecular complexity index is 742. The summed E-state index contributed by atoms with van der Waals surface area (Å²) in [7, 11) is 1.77. The number of carbonyl (C=O) groups is 1. The third-order valence-electron chi connectivity index (χ3n) is 2.73. The number of furan rings is 1. The molecule has 20 heavy (non-hydrogen) atoms. The van der Waals surface area contributed by atoms with Crippen LogP contribution < -0.4 is 5.32 Å². The van der Waals surface area contributed by atoms with Gasteiger partial charge in [0, 0.05) is 18.5 Å². The summed E-state index contributed by atoms with van der Waals surface area (Å²) >= 11 is 1.39. The van der Waals surface area contributed by atoms with Crippen LogP contribution in [0.1, 0.15) is 16.2 Å². The highest BCUT2D eigenvalue weighted by Crippen LogP contribution is 2.21. The number of anilines is 1. The maximum atomic E-state index is 12.1. The second-order valence-electron chi connectivity index (χ2n) is 4.26. The van der Waals surface area contributed by atoms with Gasteiger partial charge in [-0.2, -0.15) is 5.10 Å². The zero-order valence-corrected chi connectivity index (χ0v) is 11.8. The number of aryl methyl sites for hydroxylation is 2. The number of hydrogen-bond acceptors (Lipinski definition) is 5. The summed E-state index contributed by atoms with van der Waals surface area (Å²) in [6, 6.07) is 5.30. The molecular formula is C13H12N4O2S. The van der Waals surface area contributed by atoms with Crippen molar-refractivity contribution in [3.63, 3.8) is 0 Å². The summed E-state index contributed by atoms with van der Waals surface area (Å²) in [6.07, 6.45) is 1.58. The first-order valence-corrected chi connectivity index (χ1v) is 6.83. The van der Waals surface area contributed by atoms with Crippen molar-refractivity contribution in [1.82, 2.24) is 14.8 Å². The molecule has 0 unspecified atom stereocenters. The Balaban J connectivity index is 1.84. The van der Waals surface area contributed by atoms with E-state index in [0.717, 1.165) is 11.4 Å². The minimum absolute atomic E-state index is 0.284. The molecule has 102 valence electrons. The molecule has 0 aliphatic rings. The molecular weight excluding hydrogens is 276 g/mol. The van der Waals surface area contributed by atoms with Gasteiger partial charge in [0.15, 0.2) is 16.6 Å². The minimum Gasteiger partial charge on any atom is -0.463 e.